The molecule has 23 heavy (non-hydrogen) atoms. The van der Waals surface area contributed by atoms with Crippen molar-refractivity contribution in [1.29, 1.82) is 0 Å². The number of carbonyl (C=O) groups excluding carboxylic acids is 1. The molecule has 0 aromatic carbocycles. The topological polar surface area (TPSA) is 83.2 Å². The highest BCUT2D eigenvalue weighted by molar-refractivity contribution is 5.91. The van der Waals surface area contributed by atoms with Gasteiger partial charge in [-0.1, -0.05) is 6.92 Å². The van der Waals surface area contributed by atoms with Crippen molar-refractivity contribution in [3.8, 4) is 0 Å². The summed E-state index contributed by atoms with van der Waals surface area (Å²) < 4.78 is 11.3. The highest BCUT2D eigenvalue weighted by Gasteiger charge is 2.28. The first-order valence-electron chi connectivity index (χ1n) is 7.81. The first kappa shape index (κ1) is 17.5. The summed E-state index contributed by atoms with van der Waals surface area (Å²) in [6, 6.07) is 1.78. The molecule has 1 atom stereocenters. The monoisotopic (exact) mass is 324 g/mol. The molecule has 2 rings (SSSR count). The summed E-state index contributed by atoms with van der Waals surface area (Å²) in [4.78, 5) is 26.7. The van der Waals surface area contributed by atoms with Crippen LogP contribution in [0.5, 0.6) is 0 Å². The van der Waals surface area contributed by atoms with Crippen LogP contribution < -0.4 is 0 Å². The molecule has 1 aromatic rings. The fraction of sp³-hybridized carbons (Fsp3) is 0.625. The maximum absolute atomic E-state index is 12.6. The molecule has 2 heterocycles. The number of furan rings is 1. The van der Waals surface area contributed by atoms with Crippen LogP contribution in [-0.2, 0) is 16.0 Å². The zero-order chi connectivity index (χ0) is 17.0. The van der Waals surface area contributed by atoms with Gasteiger partial charge in [-0.05, 0) is 25.6 Å². The zero-order valence-corrected chi connectivity index (χ0v) is 13.9. The molecule has 0 spiro atoms. The first-order chi connectivity index (χ1) is 10.9. The van der Waals surface area contributed by atoms with Gasteiger partial charge >= 0.3 is 5.97 Å². The number of aliphatic carboxylic acids is 1. The lowest BCUT2D eigenvalue weighted by molar-refractivity contribution is -0.138. The van der Waals surface area contributed by atoms with Gasteiger partial charge in [-0.15, -0.1) is 0 Å². The second-order valence-electron chi connectivity index (χ2n) is 5.90. The highest BCUT2D eigenvalue weighted by atomic mass is 16.5. The molecular weight excluding hydrogens is 300 g/mol. The van der Waals surface area contributed by atoms with E-state index < -0.39 is 5.97 Å². The Hall–Kier alpha value is -1.86. The molecular formula is C16H24N2O5. The van der Waals surface area contributed by atoms with E-state index in [0.717, 1.165) is 17.7 Å². The lowest BCUT2D eigenvalue weighted by Gasteiger charge is -2.34. The number of aryl methyl sites for hydroxylation is 2. The van der Waals surface area contributed by atoms with Crippen molar-refractivity contribution in [2.75, 3.05) is 39.8 Å². The molecule has 0 saturated carbocycles. The van der Waals surface area contributed by atoms with Crippen LogP contribution in [0.2, 0.25) is 0 Å². The SMILES string of the molecule is CCc1oc(C(=O)N2CCOC(CN(C)CC(=O)O)C2)cc1C. The first-order valence-corrected chi connectivity index (χ1v) is 7.81. The van der Waals surface area contributed by atoms with Crippen LogP contribution in [0.25, 0.3) is 0 Å². The van der Waals surface area contributed by atoms with Gasteiger partial charge in [0.15, 0.2) is 5.76 Å². The molecule has 0 bridgehead atoms. The van der Waals surface area contributed by atoms with Crippen molar-refractivity contribution < 1.29 is 23.8 Å². The van der Waals surface area contributed by atoms with Crippen LogP contribution in [-0.4, -0.2) is 72.7 Å². The second-order valence-corrected chi connectivity index (χ2v) is 5.90. The van der Waals surface area contributed by atoms with E-state index in [0.29, 0.717) is 32.0 Å². The van der Waals surface area contributed by atoms with Crippen molar-refractivity contribution in [2.24, 2.45) is 0 Å². The van der Waals surface area contributed by atoms with Gasteiger partial charge < -0.3 is 19.2 Å². The largest absolute Gasteiger partial charge is 0.480 e. The van der Waals surface area contributed by atoms with E-state index in [4.69, 9.17) is 14.3 Å². The number of hydrogen-bond acceptors (Lipinski definition) is 5. The van der Waals surface area contributed by atoms with E-state index in [1.54, 1.807) is 22.9 Å². The summed E-state index contributed by atoms with van der Waals surface area (Å²) in [5.74, 6) is 0.176. The van der Waals surface area contributed by atoms with Crippen LogP contribution in [0.15, 0.2) is 10.5 Å². The molecule has 1 aliphatic rings. The number of carboxylic acids is 1. The van der Waals surface area contributed by atoms with Crippen LogP contribution in [0.4, 0.5) is 0 Å². The Morgan fingerprint density at radius 3 is 2.83 bits per heavy atom. The number of amides is 1. The fourth-order valence-electron chi connectivity index (χ4n) is 2.79. The molecule has 1 saturated heterocycles. The van der Waals surface area contributed by atoms with Gasteiger partial charge in [0.1, 0.15) is 5.76 Å². The standard InChI is InChI=1S/C16H24N2O5/c1-4-13-11(2)7-14(23-13)16(21)18-5-6-22-12(9-18)8-17(3)10-15(19)20/h7,12H,4-6,8-10H2,1-3H3,(H,19,20). The van der Waals surface area contributed by atoms with E-state index in [-0.39, 0.29) is 18.6 Å². The molecule has 1 aliphatic heterocycles. The van der Waals surface area contributed by atoms with Gasteiger partial charge in [-0.3, -0.25) is 14.5 Å². The number of rotatable bonds is 6. The quantitative estimate of drug-likeness (QED) is 0.841. The third-order valence-corrected chi connectivity index (χ3v) is 3.90. The third-order valence-electron chi connectivity index (χ3n) is 3.90. The van der Waals surface area contributed by atoms with E-state index >= 15 is 0 Å². The highest BCUT2D eigenvalue weighted by Crippen LogP contribution is 2.18. The van der Waals surface area contributed by atoms with E-state index in [1.807, 2.05) is 13.8 Å². The molecule has 0 aliphatic carbocycles. The van der Waals surface area contributed by atoms with E-state index in [2.05, 4.69) is 0 Å². The van der Waals surface area contributed by atoms with Gasteiger partial charge in [0, 0.05) is 26.1 Å². The minimum absolute atomic E-state index is 0.0506. The van der Waals surface area contributed by atoms with E-state index in [9.17, 15) is 9.59 Å². The van der Waals surface area contributed by atoms with E-state index in [1.165, 1.54) is 0 Å². The summed E-state index contributed by atoms with van der Waals surface area (Å²) in [6.45, 7) is 5.73. The smallest absolute Gasteiger partial charge is 0.317 e. The molecule has 7 heteroatoms. The van der Waals surface area contributed by atoms with Gasteiger partial charge in [-0.2, -0.15) is 0 Å². The average Bonchev–Trinajstić information content (AvgIpc) is 2.87. The van der Waals surface area contributed by atoms with Crippen LogP contribution in [0, 0.1) is 6.92 Å². The molecule has 1 amide bonds. The van der Waals surface area contributed by atoms with Gasteiger partial charge in [-0.25, -0.2) is 0 Å². The fourth-order valence-corrected chi connectivity index (χ4v) is 2.79. The van der Waals surface area contributed by atoms with Crippen molar-refractivity contribution in [3.05, 3.63) is 23.2 Å². The predicted octanol–water partition coefficient (Wildman–Crippen LogP) is 1.01. The van der Waals surface area contributed by atoms with Crippen LogP contribution in [0.3, 0.4) is 0 Å². The second kappa shape index (κ2) is 7.61. The summed E-state index contributed by atoms with van der Waals surface area (Å²) >= 11 is 0. The Balaban J connectivity index is 1.97. The van der Waals surface area contributed by atoms with Crippen molar-refractivity contribution >= 4 is 11.9 Å². The number of carbonyl (C=O) groups is 2. The summed E-state index contributed by atoms with van der Waals surface area (Å²) in [6.07, 6.45) is 0.559. The van der Waals surface area contributed by atoms with Gasteiger partial charge in [0.25, 0.3) is 5.91 Å². The zero-order valence-electron chi connectivity index (χ0n) is 13.9. The number of hydrogen-bond donors (Lipinski definition) is 1. The Bertz CT molecular complexity index is 569. The maximum Gasteiger partial charge on any atom is 0.317 e. The third kappa shape index (κ3) is 4.56. The Labute approximate surface area is 135 Å². The molecule has 1 N–H and O–H groups in total. The molecule has 1 unspecified atom stereocenters. The molecule has 7 nitrogen and oxygen atoms in total. The van der Waals surface area contributed by atoms with Crippen molar-refractivity contribution in [1.82, 2.24) is 9.80 Å². The summed E-state index contributed by atoms with van der Waals surface area (Å²) in [5.41, 5.74) is 0.988. The number of ether oxygens (including phenoxy) is 1. The number of carboxylic acid groups (broad SMARTS) is 1. The van der Waals surface area contributed by atoms with Crippen LogP contribution >= 0.6 is 0 Å². The molecule has 0 radical (unpaired) electrons. The minimum atomic E-state index is -0.880. The Kier molecular flexibility index (Phi) is 5.79. The molecule has 1 aromatic heterocycles. The van der Waals surface area contributed by atoms with Gasteiger partial charge in [0.2, 0.25) is 0 Å². The lowest BCUT2D eigenvalue weighted by atomic mass is 10.2. The minimum Gasteiger partial charge on any atom is -0.480 e. The number of morpholine rings is 1. The lowest BCUT2D eigenvalue weighted by Crippen LogP contribution is -2.49. The number of nitrogens with zero attached hydrogens (tertiary/aromatic N) is 2. The summed E-state index contributed by atoms with van der Waals surface area (Å²) in [5, 5.41) is 8.79. The van der Waals surface area contributed by atoms with Crippen LogP contribution in [0.1, 0.15) is 28.8 Å². The molecule has 128 valence electrons. The number of likely N-dealkylation sites (N-methyl/N-ethyl adjacent to an activating group) is 1. The van der Waals surface area contributed by atoms with Crippen molar-refractivity contribution in [2.45, 2.75) is 26.4 Å². The van der Waals surface area contributed by atoms with Gasteiger partial charge in [0.05, 0.1) is 19.3 Å². The Morgan fingerprint density at radius 1 is 1.48 bits per heavy atom. The molecule has 1 fully saturated rings. The normalized spacial score (nSPS) is 18.4. The predicted molar refractivity (Wildman–Crippen MR) is 83.6 cm³/mol. The van der Waals surface area contributed by atoms with Crippen molar-refractivity contribution in [3.63, 3.8) is 0 Å². The average molecular weight is 324 g/mol. The Morgan fingerprint density at radius 2 is 2.22 bits per heavy atom. The maximum atomic E-state index is 12.6. The summed E-state index contributed by atoms with van der Waals surface area (Å²) in [7, 11) is 1.72.